The Morgan fingerprint density at radius 2 is 0.597 bits per heavy atom. The van der Waals surface area contributed by atoms with Gasteiger partial charge in [-0.1, -0.05) is 373 Å². The van der Waals surface area contributed by atoms with Crippen LogP contribution in [0.5, 0.6) is 0 Å². The molecule has 0 aliphatic rings. The first-order chi connectivity index (χ1) is 38.0. The predicted octanol–water partition coefficient (Wildman–Crippen LogP) is 22.8. The SMILES string of the molecule is CCCCCCCCCCCCCCCCCC/C=C/C(O)C(CO)NC(=O)CCCCCCCCCCCCCCCCCCCCCCCCCCCCCCCCCOC(=O)CCCCCCCCCCCCC. The molecule has 77 heavy (non-hydrogen) atoms. The van der Waals surface area contributed by atoms with E-state index in [0.29, 0.717) is 19.4 Å². The molecule has 0 rings (SSSR count). The number of rotatable bonds is 67. The van der Waals surface area contributed by atoms with Gasteiger partial charge in [0.25, 0.3) is 0 Å². The van der Waals surface area contributed by atoms with Gasteiger partial charge in [-0.25, -0.2) is 0 Å². The highest BCUT2D eigenvalue weighted by Crippen LogP contribution is 2.19. The molecule has 458 valence electrons. The topological polar surface area (TPSA) is 95.9 Å². The highest BCUT2D eigenvalue weighted by atomic mass is 16.5. The summed E-state index contributed by atoms with van der Waals surface area (Å²) in [6.45, 7) is 4.94. The van der Waals surface area contributed by atoms with Gasteiger partial charge in [0.05, 0.1) is 25.4 Å². The fourth-order valence-electron chi connectivity index (χ4n) is 11.4. The average molecular weight is 1090 g/mol. The summed E-state index contributed by atoms with van der Waals surface area (Å²) in [6, 6.07) is -0.624. The van der Waals surface area contributed by atoms with Gasteiger partial charge in [-0.3, -0.25) is 9.59 Å². The van der Waals surface area contributed by atoms with Gasteiger partial charge in [0.1, 0.15) is 0 Å². The second kappa shape index (κ2) is 67.1. The van der Waals surface area contributed by atoms with Gasteiger partial charge >= 0.3 is 5.97 Å². The van der Waals surface area contributed by atoms with Crippen LogP contribution in [0.4, 0.5) is 0 Å². The second-order valence-corrected chi connectivity index (χ2v) is 24.6. The fraction of sp³-hybridized carbons (Fsp3) is 0.944. The Morgan fingerprint density at radius 1 is 0.351 bits per heavy atom. The minimum absolute atomic E-state index is 0.0209. The van der Waals surface area contributed by atoms with Gasteiger partial charge in [-0.15, -0.1) is 0 Å². The van der Waals surface area contributed by atoms with Crippen molar-refractivity contribution in [1.82, 2.24) is 5.32 Å². The lowest BCUT2D eigenvalue weighted by Crippen LogP contribution is -2.45. The lowest BCUT2D eigenvalue weighted by atomic mass is 10.0. The molecule has 0 saturated heterocycles. The van der Waals surface area contributed by atoms with Crippen LogP contribution in [0.1, 0.15) is 406 Å². The van der Waals surface area contributed by atoms with E-state index < -0.39 is 12.1 Å². The first-order valence-corrected chi connectivity index (χ1v) is 35.5. The quantitative estimate of drug-likeness (QED) is 0.0320. The molecule has 0 saturated carbocycles. The summed E-state index contributed by atoms with van der Waals surface area (Å²) in [5.41, 5.74) is 0. The highest BCUT2D eigenvalue weighted by molar-refractivity contribution is 5.76. The molecule has 6 heteroatoms. The largest absolute Gasteiger partial charge is 0.466 e. The molecule has 3 N–H and O–H groups in total. The Labute approximate surface area is 482 Å². The average Bonchev–Trinajstić information content (AvgIpc) is 3.43. The number of carbonyl (C=O) groups excluding carboxylic acids is 2. The van der Waals surface area contributed by atoms with E-state index in [-0.39, 0.29) is 18.5 Å². The standard InChI is InChI=1S/C71H139NO5/c1-3-5-7-9-11-13-15-16-17-18-34-37-40-44-47-51-55-59-63-69(74)68(67-73)72-70(75)64-60-56-52-48-45-41-38-35-32-30-28-26-24-22-20-19-21-23-25-27-29-31-33-36-39-42-46-50-54-58-62-66-77-71(76)65-61-57-53-49-43-14-12-10-8-6-4-2/h59,63,68-69,73-74H,3-58,60-62,64-67H2,1-2H3,(H,72,75)/b63-59+. The molecule has 0 aliphatic carbocycles. The lowest BCUT2D eigenvalue weighted by molar-refractivity contribution is -0.143. The Bertz CT molecular complexity index is 1160. The number of unbranched alkanes of at least 4 members (excludes halogenated alkanes) is 56. The molecule has 0 radical (unpaired) electrons. The normalized spacial score (nSPS) is 12.5. The van der Waals surface area contributed by atoms with E-state index in [1.165, 1.54) is 340 Å². The van der Waals surface area contributed by atoms with Crippen molar-refractivity contribution in [2.75, 3.05) is 13.2 Å². The van der Waals surface area contributed by atoms with Gasteiger partial charge < -0.3 is 20.3 Å². The van der Waals surface area contributed by atoms with Crippen molar-refractivity contribution in [2.45, 2.75) is 418 Å². The smallest absolute Gasteiger partial charge is 0.305 e. The molecule has 2 atom stereocenters. The van der Waals surface area contributed by atoms with Crippen LogP contribution in [0.3, 0.4) is 0 Å². The Hall–Kier alpha value is -1.40. The number of ether oxygens (including phenoxy) is 1. The molecule has 0 aromatic carbocycles. The summed E-state index contributed by atoms with van der Waals surface area (Å²) < 4.78 is 5.48. The minimum Gasteiger partial charge on any atom is -0.466 e. The summed E-state index contributed by atoms with van der Waals surface area (Å²) in [6.07, 6.45) is 83.0. The van der Waals surface area contributed by atoms with Crippen molar-refractivity contribution < 1.29 is 24.5 Å². The number of aliphatic hydroxyl groups excluding tert-OH is 2. The number of allylic oxidation sites excluding steroid dienone is 1. The van der Waals surface area contributed by atoms with E-state index >= 15 is 0 Å². The highest BCUT2D eigenvalue weighted by Gasteiger charge is 2.18. The van der Waals surface area contributed by atoms with Gasteiger partial charge in [-0.05, 0) is 32.1 Å². The zero-order valence-corrected chi connectivity index (χ0v) is 52.5. The third kappa shape index (κ3) is 63.6. The maximum absolute atomic E-state index is 12.5. The first-order valence-electron chi connectivity index (χ1n) is 35.5. The van der Waals surface area contributed by atoms with Crippen molar-refractivity contribution in [2.24, 2.45) is 0 Å². The molecule has 0 bridgehead atoms. The lowest BCUT2D eigenvalue weighted by Gasteiger charge is -2.20. The Balaban J connectivity index is 3.34. The number of aliphatic hydroxyl groups is 2. The molecule has 0 aliphatic heterocycles. The molecule has 1 amide bonds. The molecule has 0 aromatic heterocycles. The molecule has 0 heterocycles. The molecule has 2 unspecified atom stereocenters. The van der Waals surface area contributed by atoms with Crippen LogP contribution in [0.25, 0.3) is 0 Å². The van der Waals surface area contributed by atoms with Crippen LogP contribution in [-0.2, 0) is 14.3 Å². The minimum atomic E-state index is -0.841. The molecular weight excluding hydrogens is 947 g/mol. The summed E-state index contributed by atoms with van der Waals surface area (Å²) in [7, 11) is 0. The van der Waals surface area contributed by atoms with Crippen molar-refractivity contribution >= 4 is 11.9 Å². The van der Waals surface area contributed by atoms with E-state index in [1.54, 1.807) is 6.08 Å². The number of hydrogen-bond donors (Lipinski definition) is 3. The first kappa shape index (κ1) is 75.6. The molecule has 0 spiro atoms. The Kier molecular flexibility index (Phi) is 65.9. The summed E-state index contributed by atoms with van der Waals surface area (Å²) in [5, 5.41) is 23.2. The molecular formula is C71H139NO5. The van der Waals surface area contributed by atoms with Crippen molar-refractivity contribution in [3.05, 3.63) is 12.2 Å². The zero-order chi connectivity index (χ0) is 55.7. The van der Waals surface area contributed by atoms with Gasteiger partial charge in [0.2, 0.25) is 5.91 Å². The van der Waals surface area contributed by atoms with E-state index in [0.717, 1.165) is 38.5 Å². The summed E-state index contributed by atoms with van der Waals surface area (Å²) in [5.74, 6) is -0.0389. The second-order valence-electron chi connectivity index (χ2n) is 24.6. The Morgan fingerprint density at radius 3 is 0.883 bits per heavy atom. The molecule has 6 nitrogen and oxygen atoms in total. The summed E-state index contributed by atoms with van der Waals surface area (Å²) in [4.78, 5) is 24.5. The van der Waals surface area contributed by atoms with Crippen LogP contribution in [0, 0.1) is 0 Å². The summed E-state index contributed by atoms with van der Waals surface area (Å²) >= 11 is 0. The van der Waals surface area contributed by atoms with Crippen LogP contribution in [0.15, 0.2) is 12.2 Å². The van der Waals surface area contributed by atoms with Crippen LogP contribution < -0.4 is 5.32 Å². The van der Waals surface area contributed by atoms with Crippen molar-refractivity contribution in [3.8, 4) is 0 Å². The maximum atomic E-state index is 12.5. The van der Waals surface area contributed by atoms with E-state index in [9.17, 15) is 19.8 Å². The van der Waals surface area contributed by atoms with E-state index in [1.807, 2.05) is 6.08 Å². The number of nitrogens with one attached hydrogen (secondary N) is 1. The maximum Gasteiger partial charge on any atom is 0.305 e. The van der Waals surface area contributed by atoms with Crippen LogP contribution in [-0.4, -0.2) is 47.4 Å². The zero-order valence-electron chi connectivity index (χ0n) is 52.5. The third-order valence-electron chi connectivity index (χ3n) is 16.8. The molecule has 0 aromatic rings. The number of carbonyl (C=O) groups is 2. The van der Waals surface area contributed by atoms with Gasteiger partial charge in [-0.2, -0.15) is 0 Å². The van der Waals surface area contributed by atoms with Crippen molar-refractivity contribution in [1.29, 1.82) is 0 Å². The van der Waals surface area contributed by atoms with E-state index in [2.05, 4.69) is 19.2 Å². The predicted molar refractivity (Wildman–Crippen MR) is 338 cm³/mol. The number of amides is 1. The van der Waals surface area contributed by atoms with Crippen molar-refractivity contribution in [3.63, 3.8) is 0 Å². The number of esters is 1. The fourth-order valence-corrected chi connectivity index (χ4v) is 11.4. The molecule has 0 fully saturated rings. The van der Waals surface area contributed by atoms with Crippen LogP contribution in [0.2, 0.25) is 0 Å². The van der Waals surface area contributed by atoms with Gasteiger partial charge in [0, 0.05) is 12.8 Å². The van der Waals surface area contributed by atoms with Crippen LogP contribution >= 0.6 is 0 Å². The monoisotopic (exact) mass is 1090 g/mol. The van der Waals surface area contributed by atoms with Gasteiger partial charge in [0.15, 0.2) is 0 Å². The van der Waals surface area contributed by atoms with E-state index in [4.69, 9.17) is 4.74 Å². The third-order valence-corrected chi connectivity index (χ3v) is 16.8. The number of hydrogen-bond acceptors (Lipinski definition) is 5.